The van der Waals surface area contributed by atoms with Gasteiger partial charge in [-0.15, -0.1) is 0 Å². The number of benzene rings is 2. The number of hydrogen-bond donors (Lipinski definition) is 1. The van der Waals surface area contributed by atoms with Gasteiger partial charge in [0.2, 0.25) is 0 Å². The van der Waals surface area contributed by atoms with Crippen molar-refractivity contribution in [2.75, 3.05) is 5.43 Å². The Morgan fingerprint density at radius 2 is 1.82 bits per heavy atom. The summed E-state index contributed by atoms with van der Waals surface area (Å²) >= 11 is 0. The van der Waals surface area contributed by atoms with Crippen molar-refractivity contribution in [3.8, 4) is 0 Å². The van der Waals surface area contributed by atoms with Crippen LogP contribution in [-0.4, -0.2) is 24.1 Å². The van der Waals surface area contributed by atoms with Crippen LogP contribution >= 0.6 is 0 Å². The van der Waals surface area contributed by atoms with Crippen LogP contribution in [0.2, 0.25) is 0 Å². The second-order valence-corrected chi connectivity index (χ2v) is 5.58. The fraction of sp³-hybridized carbons (Fsp3) is 0. The summed E-state index contributed by atoms with van der Waals surface area (Å²) in [5.41, 5.74) is 3.57. The maximum absolute atomic E-state index is 10.8. The van der Waals surface area contributed by atoms with Crippen LogP contribution in [0.4, 0.5) is 11.4 Å². The summed E-state index contributed by atoms with van der Waals surface area (Å²) in [7, 11) is -4.48. The third-order valence-corrected chi connectivity index (χ3v) is 3.48. The highest BCUT2D eigenvalue weighted by Crippen LogP contribution is 2.14. The normalized spacial score (nSPS) is 11.5. The lowest BCUT2D eigenvalue weighted by Crippen LogP contribution is -1.98. The number of nitrogens with one attached hydrogen (secondary N) is 1. The Kier molecular flexibility index (Phi) is 4.49. The maximum Gasteiger partial charge on any atom is 0.270 e. The molecule has 0 radical (unpaired) electrons. The minimum absolute atomic E-state index is 0.0473. The Labute approximate surface area is 126 Å². The van der Waals surface area contributed by atoms with Crippen LogP contribution in [0.15, 0.2) is 58.5 Å². The lowest BCUT2D eigenvalue weighted by Gasteiger charge is -2.07. The Hall–Kier alpha value is -2.78. The molecule has 0 saturated carbocycles. The van der Waals surface area contributed by atoms with Crippen molar-refractivity contribution in [1.29, 1.82) is 0 Å². The number of hydrogen-bond acceptors (Lipinski definition) is 7. The Morgan fingerprint density at radius 3 is 2.41 bits per heavy atom. The van der Waals surface area contributed by atoms with Gasteiger partial charge in [0, 0.05) is 17.7 Å². The summed E-state index contributed by atoms with van der Waals surface area (Å²) in [5.74, 6) is 0. The van der Waals surface area contributed by atoms with E-state index in [1.165, 1.54) is 36.5 Å². The van der Waals surface area contributed by atoms with Crippen LogP contribution in [0, 0.1) is 10.1 Å². The predicted molar refractivity (Wildman–Crippen MR) is 78.7 cm³/mol. The number of nitrogens with zero attached hydrogens (tertiary/aromatic N) is 2. The van der Waals surface area contributed by atoms with E-state index in [1.807, 2.05) is 0 Å². The highest BCUT2D eigenvalue weighted by atomic mass is 32.2. The second kappa shape index (κ2) is 6.33. The molecule has 0 atom stereocenters. The maximum atomic E-state index is 10.8. The van der Waals surface area contributed by atoms with Gasteiger partial charge in [-0.2, -0.15) is 5.10 Å². The van der Waals surface area contributed by atoms with Crippen LogP contribution in [0.5, 0.6) is 0 Å². The Morgan fingerprint density at radius 1 is 1.14 bits per heavy atom. The van der Waals surface area contributed by atoms with E-state index in [0.717, 1.165) is 12.1 Å². The van der Waals surface area contributed by atoms with E-state index < -0.39 is 15.0 Å². The monoisotopic (exact) mass is 320 g/mol. The van der Waals surface area contributed by atoms with Gasteiger partial charge in [0.25, 0.3) is 5.69 Å². The first-order valence-electron chi connectivity index (χ1n) is 5.96. The third kappa shape index (κ3) is 4.11. The zero-order chi connectivity index (χ0) is 16.2. The minimum atomic E-state index is -4.48. The molecule has 9 heteroatoms. The summed E-state index contributed by atoms with van der Waals surface area (Å²) in [4.78, 5) is 9.79. The molecule has 0 fully saturated rings. The van der Waals surface area contributed by atoms with Crippen LogP contribution < -0.4 is 5.43 Å². The van der Waals surface area contributed by atoms with Gasteiger partial charge in [0.15, 0.2) is 0 Å². The largest absolute Gasteiger partial charge is 0.744 e. The minimum Gasteiger partial charge on any atom is -0.744 e. The first kappa shape index (κ1) is 15.6. The Balaban J connectivity index is 2.06. The van der Waals surface area contributed by atoms with Crippen LogP contribution in [0.1, 0.15) is 5.56 Å². The lowest BCUT2D eigenvalue weighted by molar-refractivity contribution is -0.384. The quantitative estimate of drug-likeness (QED) is 0.388. The van der Waals surface area contributed by atoms with Crippen molar-refractivity contribution in [3.63, 3.8) is 0 Å². The first-order chi connectivity index (χ1) is 10.4. The molecule has 0 aliphatic rings. The van der Waals surface area contributed by atoms with Crippen LogP contribution in [0.3, 0.4) is 0 Å². The summed E-state index contributed by atoms with van der Waals surface area (Å²) in [6.45, 7) is 0. The van der Waals surface area contributed by atoms with Crippen molar-refractivity contribution >= 4 is 27.7 Å². The van der Waals surface area contributed by atoms with Gasteiger partial charge in [-0.05, 0) is 24.3 Å². The molecule has 0 heterocycles. The predicted octanol–water partition coefficient (Wildman–Crippen LogP) is 1.94. The second-order valence-electron chi connectivity index (χ2n) is 4.20. The molecule has 0 bridgehead atoms. The van der Waals surface area contributed by atoms with Gasteiger partial charge in [-0.25, -0.2) is 8.42 Å². The van der Waals surface area contributed by atoms with Gasteiger partial charge in [0.1, 0.15) is 10.1 Å². The molecular formula is C13H10N3O5S-. The van der Waals surface area contributed by atoms with Crippen LogP contribution in [-0.2, 0) is 10.1 Å². The molecule has 22 heavy (non-hydrogen) atoms. The number of nitro benzene ring substituents is 1. The van der Waals surface area contributed by atoms with E-state index in [1.54, 1.807) is 6.07 Å². The van der Waals surface area contributed by atoms with Gasteiger partial charge < -0.3 is 4.55 Å². The number of nitro groups is 1. The third-order valence-electron chi connectivity index (χ3n) is 2.63. The van der Waals surface area contributed by atoms with Crippen molar-refractivity contribution < 1.29 is 17.9 Å². The fourth-order valence-corrected chi connectivity index (χ4v) is 2.07. The molecule has 0 unspecified atom stereocenters. The summed E-state index contributed by atoms with van der Waals surface area (Å²) in [5, 5.41) is 14.5. The molecule has 2 aromatic rings. The molecule has 2 aromatic carbocycles. The molecule has 0 aliphatic heterocycles. The highest BCUT2D eigenvalue weighted by Gasteiger charge is 2.04. The smallest absolute Gasteiger partial charge is 0.270 e. The van der Waals surface area contributed by atoms with Crippen LogP contribution in [0.25, 0.3) is 0 Å². The SMILES string of the molecule is O=[N+]([O-])c1cccc(/C=N\Nc2ccc(S(=O)(=O)[O-])cc2)c1. The molecule has 114 valence electrons. The molecule has 0 saturated heterocycles. The topological polar surface area (TPSA) is 125 Å². The summed E-state index contributed by atoms with van der Waals surface area (Å²) < 4.78 is 32.3. The molecular weight excluding hydrogens is 310 g/mol. The standard InChI is InChI=1S/C13H11N3O5S/c17-16(18)12-3-1-2-10(8-12)9-14-15-11-4-6-13(7-5-11)22(19,20)21/h1-9,15H,(H,19,20,21)/p-1/b14-9-. The molecule has 0 spiro atoms. The lowest BCUT2D eigenvalue weighted by atomic mass is 10.2. The zero-order valence-electron chi connectivity index (χ0n) is 11.0. The van der Waals surface area contributed by atoms with E-state index in [0.29, 0.717) is 11.3 Å². The van der Waals surface area contributed by atoms with E-state index in [9.17, 15) is 23.1 Å². The molecule has 0 aromatic heterocycles. The van der Waals surface area contributed by atoms with Gasteiger partial charge in [0.05, 0.1) is 21.7 Å². The molecule has 2 rings (SSSR count). The molecule has 1 N–H and O–H groups in total. The number of rotatable bonds is 5. The number of hydrazone groups is 1. The van der Waals surface area contributed by atoms with Crippen molar-refractivity contribution in [2.24, 2.45) is 5.10 Å². The van der Waals surface area contributed by atoms with E-state index in [4.69, 9.17) is 0 Å². The summed E-state index contributed by atoms with van der Waals surface area (Å²) in [6.07, 6.45) is 1.38. The average molecular weight is 320 g/mol. The molecule has 0 aliphatic carbocycles. The highest BCUT2D eigenvalue weighted by molar-refractivity contribution is 7.85. The zero-order valence-corrected chi connectivity index (χ0v) is 11.9. The van der Waals surface area contributed by atoms with Gasteiger partial charge in [-0.3, -0.25) is 15.5 Å². The number of anilines is 1. The van der Waals surface area contributed by atoms with Gasteiger partial charge in [-0.1, -0.05) is 12.1 Å². The fourth-order valence-electron chi connectivity index (χ4n) is 1.60. The van der Waals surface area contributed by atoms with E-state index in [2.05, 4.69) is 10.5 Å². The Bertz CT molecular complexity index is 816. The average Bonchev–Trinajstić information content (AvgIpc) is 2.47. The van der Waals surface area contributed by atoms with Crippen molar-refractivity contribution in [2.45, 2.75) is 4.90 Å². The van der Waals surface area contributed by atoms with E-state index >= 15 is 0 Å². The van der Waals surface area contributed by atoms with E-state index in [-0.39, 0.29) is 10.6 Å². The van der Waals surface area contributed by atoms with Crippen molar-refractivity contribution in [1.82, 2.24) is 0 Å². The molecule has 8 nitrogen and oxygen atoms in total. The summed E-state index contributed by atoms with van der Waals surface area (Å²) in [6, 6.07) is 11.0. The van der Waals surface area contributed by atoms with Gasteiger partial charge >= 0.3 is 0 Å². The number of non-ortho nitro benzene ring substituents is 1. The van der Waals surface area contributed by atoms with Crippen molar-refractivity contribution in [3.05, 3.63) is 64.2 Å². The first-order valence-corrected chi connectivity index (χ1v) is 7.36. The molecule has 0 amide bonds.